The van der Waals surface area contributed by atoms with Crippen molar-refractivity contribution in [2.75, 3.05) is 6.54 Å². The molecule has 1 aliphatic rings. The van der Waals surface area contributed by atoms with E-state index in [4.69, 9.17) is 18.0 Å². The van der Waals surface area contributed by atoms with Crippen molar-refractivity contribution in [3.05, 3.63) is 35.1 Å². The van der Waals surface area contributed by atoms with Crippen LogP contribution < -0.4 is 5.73 Å². The molecule has 20 heavy (non-hydrogen) atoms. The molecule has 2 rings (SSSR count). The molecule has 1 aromatic rings. The van der Waals surface area contributed by atoms with E-state index in [2.05, 4.69) is 18.7 Å². The van der Waals surface area contributed by atoms with E-state index in [0.717, 1.165) is 13.0 Å². The summed E-state index contributed by atoms with van der Waals surface area (Å²) in [6.07, 6.45) is 3.61. The third-order valence-corrected chi connectivity index (χ3v) is 3.99. The lowest BCUT2D eigenvalue weighted by atomic mass is 10.1. The van der Waals surface area contributed by atoms with Crippen LogP contribution in [-0.4, -0.2) is 22.5 Å². The Hall–Kier alpha value is -1.00. The van der Waals surface area contributed by atoms with Crippen LogP contribution in [0.4, 0.5) is 4.39 Å². The largest absolute Gasteiger partial charge is 0.389 e. The molecule has 1 aliphatic carbocycles. The topological polar surface area (TPSA) is 29.3 Å². The molecular formula is C16H23FN2S. The highest BCUT2D eigenvalue weighted by Gasteiger charge is 2.29. The van der Waals surface area contributed by atoms with Gasteiger partial charge in [-0.1, -0.05) is 38.2 Å². The fourth-order valence-electron chi connectivity index (χ4n) is 2.37. The molecule has 0 saturated heterocycles. The van der Waals surface area contributed by atoms with Crippen LogP contribution in [-0.2, 0) is 6.54 Å². The maximum absolute atomic E-state index is 14.4. The molecule has 0 radical (unpaired) electrons. The summed E-state index contributed by atoms with van der Waals surface area (Å²) >= 11 is 4.90. The summed E-state index contributed by atoms with van der Waals surface area (Å²) < 4.78 is 14.4. The normalized spacial score (nSPS) is 15.1. The molecule has 0 aliphatic heterocycles. The molecule has 0 heterocycles. The number of nitrogens with zero attached hydrogens (tertiary/aromatic N) is 1. The van der Waals surface area contributed by atoms with Crippen molar-refractivity contribution >= 4 is 17.2 Å². The molecule has 0 aromatic heterocycles. The minimum Gasteiger partial charge on any atom is -0.389 e. The lowest BCUT2D eigenvalue weighted by molar-refractivity contribution is 0.236. The standard InChI is InChI=1S/C16H23FN2S/c1-11(2)8-9-19(13-6-7-13)10-12-4-3-5-14(15(12)17)16(18)20/h3-5,11,13H,6-10H2,1-2H3,(H2,18,20). The maximum atomic E-state index is 14.4. The van der Waals surface area contributed by atoms with Gasteiger partial charge in [-0.15, -0.1) is 0 Å². The smallest absolute Gasteiger partial charge is 0.137 e. The van der Waals surface area contributed by atoms with Crippen LogP contribution in [0, 0.1) is 11.7 Å². The molecule has 0 bridgehead atoms. The third-order valence-electron chi connectivity index (χ3n) is 3.77. The first kappa shape index (κ1) is 15.4. The van der Waals surface area contributed by atoms with Crippen LogP contribution in [0.2, 0.25) is 0 Å². The van der Waals surface area contributed by atoms with Crippen molar-refractivity contribution in [2.24, 2.45) is 11.7 Å². The summed E-state index contributed by atoms with van der Waals surface area (Å²) in [4.78, 5) is 2.52. The summed E-state index contributed by atoms with van der Waals surface area (Å²) in [5.41, 5.74) is 6.62. The fourth-order valence-corrected chi connectivity index (χ4v) is 2.52. The van der Waals surface area contributed by atoms with Crippen molar-refractivity contribution in [1.82, 2.24) is 4.90 Å². The quantitative estimate of drug-likeness (QED) is 0.781. The Balaban J connectivity index is 2.10. The van der Waals surface area contributed by atoms with Gasteiger partial charge >= 0.3 is 0 Å². The van der Waals surface area contributed by atoms with Crippen LogP contribution in [0.1, 0.15) is 44.2 Å². The Labute approximate surface area is 126 Å². The number of thiocarbonyl (C=S) groups is 1. The summed E-state index contributed by atoms with van der Waals surface area (Å²) in [5, 5.41) is 0. The number of hydrogen-bond donors (Lipinski definition) is 1. The molecule has 1 fully saturated rings. The first-order chi connectivity index (χ1) is 9.49. The molecule has 0 spiro atoms. The molecule has 1 saturated carbocycles. The van der Waals surface area contributed by atoms with E-state index in [1.165, 1.54) is 12.8 Å². The number of nitrogens with two attached hydrogens (primary N) is 1. The van der Waals surface area contributed by atoms with Gasteiger partial charge in [-0.3, -0.25) is 4.90 Å². The monoisotopic (exact) mass is 294 g/mol. The molecule has 1 aromatic carbocycles. The predicted molar refractivity (Wildman–Crippen MR) is 85.2 cm³/mol. The highest BCUT2D eigenvalue weighted by Crippen LogP contribution is 2.29. The second-order valence-corrected chi connectivity index (χ2v) is 6.47. The zero-order valence-electron chi connectivity index (χ0n) is 12.2. The average Bonchev–Trinajstić information content (AvgIpc) is 3.20. The Kier molecular flexibility index (Phi) is 5.11. The van der Waals surface area contributed by atoms with E-state index in [-0.39, 0.29) is 10.8 Å². The Bertz CT molecular complexity index is 483. The van der Waals surface area contributed by atoms with Crippen molar-refractivity contribution in [3.63, 3.8) is 0 Å². The summed E-state index contributed by atoms with van der Waals surface area (Å²) in [5.74, 6) is 0.416. The van der Waals surface area contributed by atoms with Gasteiger partial charge < -0.3 is 5.73 Å². The summed E-state index contributed by atoms with van der Waals surface area (Å²) in [6, 6.07) is 5.95. The molecule has 0 amide bonds. The molecular weight excluding hydrogens is 271 g/mol. The first-order valence-corrected chi connectivity index (χ1v) is 7.71. The summed E-state index contributed by atoms with van der Waals surface area (Å²) in [7, 11) is 0. The van der Waals surface area contributed by atoms with Crippen molar-refractivity contribution in [2.45, 2.75) is 45.7 Å². The van der Waals surface area contributed by atoms with E-state index in [9.17, 15) is 4.39 Å². The van der Waals surface area contributed by atoms with Crippen LogP contribution in [0.5, 0.6) is 0 Å². The van der Waals surface area contributed by atoms with E-state index in [1.54, 1.807) is 6.07 Å². The lowest BCUT2D eigenvalue weighted by Crippen LogP contribution is -2.28. The zero-order chi connectivity index (χ0) is 14.7. The average molecular weight is 294 g/mol. The van der Waals surface area contributed by atoms with Gasteiger partial charge in [-0.2, -0.15) is 0 Å². The zero-order valence-corrected chi connectivity index (χ0v) is 13.0. The van der Waals surface area contributed by atoms with Gasteiger partial charge in [-0.25, -0.2) is 4.39 Å². The molecule has 0 unspecified atom stereocenters. The van der Waals surface area contributed by atoms with Crippen LogP contribution >= 0.6 is 12.2 Å². The first-order valence-electron chi connectivity index (χ1n) is 7.30. The second kappa shape index (κ2) is 6.64. The van der Waals surface area contributed by atoms with Crippen molar-refractivity contribution in [3.8, 4) is 0 Å². The van der Waals surface area contributed by atoms with Gasteiger partial charge in [0.15, 0.2) is 0 Å². The van der Waals surface area contributed by atoms with E-state index < -0.39 is 0 Å². The predicted octanol–water partition coefficient (Wildman–Crippen LogP) is 3.47. The molecule has 0 atom stereocenters. The highest BCUT2D eigenvalue weighted by atomic mass is 32.1. The lowest BCUT2D eigenvalue weighted by Gasteiger charge is -2.23. The Morgan fingerprint density at radius 3 is 2.70 bits per heavy atom. The van der Waals surface area contributed by atoms with Gasteiger partial charge in [0.2, 0.25) is 0 Å². The highest BCUT2D eigenvalue weighted by molar-refractivity contribution is 7.80. The van der Waals surface area contributed by atoms with Crippen molar-refractivity contribution in [1.29, 1.82) is 0 Å². The number of hydrogen-bond acceptors (Lipinski definition) is 2. The van der Waals surface area contributed by atoms with Crippen LogP contribution in [0.15, 0.2) is 18.2 Å². The van der Waals surface area contributed by atoms with E-state index >= 15 is 0 Å². The second-order valence-electron chi connectivity index (χ2n) is 6.03. The van der Waals surface area contributed by atoms with E-state index in [0.29, 0.717) is 29.6 Å². The van der Waals surface area contributed by atoms with Gasteiger partial charge in [0.25, 0.3) is 0 Å². The summed E-state index contributed by atoms with van der Waals surface area (Å²) in [6.45, 7) is 6.12. The van der Waals surface area contributed by atoms with Crippen molar-refractivity contribution < 1.29 is 4.39 Å². The van der Waals surface area contributed by atoms with Gasteiger partial charge in [0, 0.05) is 23.7 Å². The number of benzene rings is 1. The molecule has 4 heteroatoms. The van der Waals surface area contributed by atoms with Gasteiger partial charge in [0.1, 0.15) is 10.8 Å². The number of halogens is 1. The minimum absolute atomic E-state index is 0.129. The third kappa shape index (κ3) is 4.00. The number of rotatable bonds is 7. The van der Waals surface area contributed by atoms with E-state index in [1.807, 2.05) is 12.1 Å². The van der Waals surface area contributed by atoms with Gasteiger partial charge in [-0.05, 0) is 37.8 Å². The Morgan fingerprint density at radius 1 is 1.45 bits per heavy atom. The SMILES string of the molecule is CC(C)CCN(Cc1cccc(C(N)=S)c1F)C1CC1. The minimum atomic E-state index is -0.254. The van der Waals surface area contributed by atoms with Crippen LogP contribution in [0.25, 0.3) is 0 Å². The van der Waals surface area contributed by atoms with Crippen LogP contribution in [0.3, 0.4) is 0 Å². The van der Waals surface area contributed by atoms with Gasteiger partial charge in [0.05, 0.1) is 0 Å². The molecule has 2 N–H and O–H groups in total. The fraction of sp³-hybridized carbons (Fsp3) is 0.562. The maximum Gasteiger partial charge on any atom is 0.137 e. The molecule has 2 nitrogen and oxygen atoms in total. The Morgan fingerprint density at radius 2 is 2.15 bits per heavy atom. The molecule has 110 valence electrons.